The van der Waals surface area contributed by atoms with Gasteiger partial charge in [0.15, 0.2) is 0 Å². The van der Waals surface area contributed by atoms with Crippen LogP contribution in [-0.2, 0) is 4.74 Å². The fraction of sp³-hybridized carbons (Fsp3) is 0.409. The van der Waals surface area contributed by atoms with Gasteiger partial charge in [-0.15, -0.1) is 12.4 Å². The van der Waals surface area contributed by atoms with Crippen molar-refractivity contribution >= 4 is 24.2 Å². The molecule has 2 heterocycles. The number of aromatic hydroxyl groups is 1. The van der Waals surface area contributed by atoms with Crippen molar-refractivity contribution in [3.05, 3.63) is 48.5 Å². The molecule has 2 aliphatic rings. The zero-order valence-electron chi connectivity index (χ0n) is 16.9. The van der Waals surface area contributed by atoms with Gasteiger partial charge in [0.2, 0.25) is 0 Å². The van der Waals surface area contributed by atoms with Crippen LogP contribution in [0.15, 0.2) is 48.5 Å². The molecule has 2 aromatic carbocycles. The van der Waals surface area contributed by atoms with Gasteiger partial charge in [0.25, 0.3) is 0 Å². The van der Waals surface area contributed by atoms with E-state index >= 15 is 0 Å². The quantitative estimate of drug-likeness (QED) is 0.747. The van der Waals surface area contributed by atoms with Gasteiger partial charge in [-0.05, 0) is 61.4 Å². The van der Waals surface area contributed by atoms with Gasteiger partial charge < -0.3 is 19.3 Å². The summed E-state index contributed by atoms with van der Waals surface area (Å²) in [5, 5.41) is 9.36. The highest BCUT2D eigenvalue weighted by Crippen LogP contribution is 2.26. The Hall–Kier alpha value is -2.64. The van der Waals surface area contributed by atoms with Gasteiger partial charge in [-0.25, -0.2) is 4.79 Å². The second-order valence-corrected chi connectivity index (χ2v) is 7.43. The molecule has 0 saturated carbocycles. The molecule has 8 heteroatoms. The van der Waals surface area contributed by atoms with Gasteiger partial charge >= 0.3 is 6.09 Å². The number of piperidine rings is 1. The Morgan fingerprint density at radius 1 is 1.03 bits per heavy atom. The van der Waals surface area contributed by atoms with Crippen LogP contribution in [-0.4, -0.2) is 61.6 Å². The van der Waals surface area contributed by atoms with Crippen LogP contribution in [0.3, 0.4) is 0 Å². The number of hydrogen-bond donors (Lipinski definition) is 1. The minimum atomic E-state index is -0.300. The lowest BCUT2D eigenvalue weighted by molar-refractivity contribution is 0.0655. The van der Waals surface area contributed by atoms with Crippen LogP contribution >= 0.6 is 12.4 Å². The first kappa shape index (κ1) is 22.1. The maximum absolute atomic E-state index is 12.3. The highest BCUT2D eigenvalue weighted by atomic mass is 35.5. The second kappa shape index (κ2) is 9.91. The Kier molecular flexibility index (Phi) is 7.29. The number of rotatable bonds is 6. The standard InChI is InChI=1S/C22H26N2O5.ClH/c1-27-18-6-2-16(3-7-18)24-15-21(29-22(24)26)14-23-12-10-20(11-13-23)28-19-8-4-17(25)5-9-19;/h2-9,20-21,25H,10-15H2,1H3;1H/t21-;/m0./s1. The molecule has 4 rings (SSSR count). The highest BCUT2D eigenvalue weighted by Gasteiger charge is 2.34. The number of amides is 1. The third-order valence-corrected chi connectivity index (χ3v) is 5.39. The molecule has 0 unspecified atom stereocenters. The van der Waals surface area contributed by atoms with E-state index in [0.717, 1.165) is 49.7 Å². The van der Waals surface area contributed by atoms with Crippen molar-refractivity contribution in [1.82, 2.24) is 4.90 Å². The predicted molar refractivity (Wildman–Crippen MR) is 116 cm³/mol. The molecule has 1 amide bonds. The van der Waals surface area contributed by atoms with E-state index in [-0.39, 0.29) is 36.5 Å². The van der Waals surface area contributed by atoms with Crippen LogP contribution in [0.1, 0.15) is 12.8 Å². The molecule has 2 aromatic rings. The Morgan fingerprint density at radius 3 is 2.30 bits per heavy atom. The fourth-order valence-electron chi connectivity index (χ4n) is 3.80. The number of phenolic OH excluding ortho intramolecular Hbond substituents is 1. The van der Waals surface area contributed by atoms with Crippen molar-refractivity contribution in [2.45, 2.75) is 25.0 Å². The number of anilines is 1. The zero-order chi connectivity index (χ0) is 20.2. The van der Waals surface area contributed by atoms with E-state index < -0.39 is 0 Å². The average molecular weight is 435 g/mol. The van der Waals surface area contributed by atoms with Crippen molar-refractivity contribution < 1.29 is 24.1 Å². The van der Waals surface area contributed by atoms with Gasteiger partial charge in [-0.1, -0.05) is 0 Å². The number of likely N-dealkylation sites (tertiary alicyclic amines) is 1. The monoisotopic (exact) mass is 434 g/mol. The third-order valence-electron chi connectivity index (χ3n) is 5.39. The summed E-state index contributed by atoms with van der Waals surface area (Å²) >= 11 is 0. The number of nitrogens with zero attached hydrogens (tertiary/aromatic N) is 2. The number of hydrogen-bond acceptors (Lipinski definition) is 6. The van der Waals surface area contributed by atoms with Crippen LogP contribution in [0.2, 0.25) is 0 Å². The molecule has 1 N–H and O–H groups in total. The SMILES string of the molecule is COc1ccc(N2C[C@H](CN3CCC(Oc4ccc(O)cc4)CC3)OC2=O)cc1.Cl. The molecule has 2 saturated heterocycles. The van der Waals surface area contributed by atoms with Crippen LogP contribution < -0.4 is 14.4 Å². The molecule has 2 aliphatic heterocycles. The lowest BCUT2D eigenvalue weighted by atomic mass is 10.1. The van der Waals surface area contributed by atoms with Crippen LogP contribution in [0, 0.1) is 0 Å². The summed E-state index contributed by atoms with van der Waals surface area (Å²) in [5.74, 6) is 1.78. The summed E-state index contributed by atoms with van der Waals surface area (Å²) < 4.78 is 16.7. The summed E-state index contributed by atoms with van der Waals surface area (Å²) in [7, 11) is 1.62. The Bertz CT molecular complexity index is 822. The Morgan fingerprint density at radius 2 is 1.67 bits per heavy atom. The van der Waals surface area contributed by atoms with Crippen molar-refractivity contribution in [3.8, 4) is 17.2 Å². The van der Waals surface area contributed by atoms with E-state index in [1.54, 1.807) is 36.3 Å². The minimum absolute atomic E-state index is 0. The number of carbonyl (C=O) groups is 1. The molecule has 162 valence electrons. The van der Waals surface area contributed by atoms with Crippen molar-refractivity contribution in [2.75, 3.05) is 38.2 Å². The Labute approximate surface area is 182 Å². The van der Waals surface area contributed by atoms with Crippen molar-refractivity contribution in [3.63, 3.8) is 0 Å². The summed E-state index contributed by atoms with van der Waals surface area (Å²) in [5.41, 5.74) is 0.819. The van der Waals surface area contributed by atoms with Gasteiger partial charge in [-0.2, -0.15) is 0 Å². The number of ether oxygens (including phenoxy) is 3. The van der Waals surface area contributed by atoms with E-state index in [9.17, 15) is 9.90 Å². The van der Waals surface area contributed by atoms with E-state index in [4.69, 9.17) is 14.2 Å². The molecule has 30 heavy (non-hydrogen) atoms. The normalized spacial score (nSPS) is 19.8. The number of carbonyl (C=O) groups excluding carboxylic acids is 1. The maximum Gasteiger partial charge on any atom is 0.414 e. The number of halogens is 1. The molecule has 0 bridgehead atoms. The average Bonchev–Trinajstić information content (AvgIpc) is 3.11. The lowest BCUT2D eigenvalue weighted by Gasteiger charge is -2.33. The van der Waals surface area contributed by atoms with Crippen LogP contribution in [0.4, 0.5) is 10.5 Å². The highest BCUT2D eigenvalue weighted by molar-refractivity contribution is 5.89. The third kappa shape index (κ3) is 5.29. The molecule has 7 nitrogen and oxygen atoms in total. The fourth-order valence-corrected chi connectivity index (χ4v) is 3.80. The van der Waals surface area contributed by atoms with E-state index in [1.807, 2.05) is 24.3 Å². The minimum Gasteiger partial charge on any atom is -0.508 e. The summed E-state index contributed by atoms with van der Waals surface area (Å²) in [6.07, 6.45) is 1.57. The smallest absolute Gasteiger partial charge is 0.414 e. The molecule has 0 radical (unpaired) electrons. The van der Waals surface area contributed by atoms with E-state index in [1.165, 1.54) is 0 Å². The largest absolute Gasteiger partial charge is 0.508 e. The van der Waals surface area contributed by atoms with E-state index in [0.29, 0.717) is 6.54 Å². The maximum atomic E-state index is 12.3. The van der Waals surface area contributed by atoms with Crippen LogP contribution in [0.5, 0.6) is 17.2 Å². The molecule has 2 fully saturated rings. The first-order valence-corrected chi connectivity index (χ1v) is 9.91. The first-order chi connectivity index (χ1) is 14.1. The molecular formula is C22H27ClN2O5. The number of phenols is 1. The number of methoxy groups -OCH3 is 1. The van der Waals surface area contributed by atoms with Gasteiger partial charge in [0, 0.05) is 25.3 Å². The van der Waals surface area contributed by atoms with Crippen molar-refractivity contribution in [2.24, 2.45) is 0 Å². The molecular weight excluding hydrogens is 408 g/mol. The molecule has 0 aromatic heterocycles. The molecule has 1 atom stereocenters. The van der Waals surface area contributed by atoms with Gasteiger partial charge in [0.05, 0.1) is 13.7 Å². The zero-order valence-corrected chi connectivity index (χ0v) is 17.7. The predicted octanol–water partition coefficient (Wildman–Crippen LogP) is 3.69. The first-order valence-electron chi connectivity index (χ1n) is 9.91. The summed E-state index contributed by atoms with van der Waals surface area (Å²) in [4.78, 5) is 16.3. The summed E-state index contributed by atoms with van der Waals surface area (Å²) in [6.45, 7) is 3.08. The second-order valence-electron chi connectivity index (χ2n) is 7.43. The van der Waals surface area contributed by atoms with E-state index in [2.05, 4.69) is 4.90 Å². The number of benzene rings is 2. The number of cyclic esters (lactones) is 1. The van der Waals surface area contributed by atoms with Crippen LogP contribution in [0.25, 0.3) is 0 Å². The summed E-state index contributed by atoms with van der Waals surface area (Å²) in [6, 6.07) is 14.3. The Balaban J connectivity index is 0.00000256. The molecule has 0 spiro atoms. The lowest BCUT2D eigenvalue weighted by Crippen LogP contribution is -2.42. The molecule has 0 aliphatic carbocycles. The van der Waals surface area contributed by atoms with Gasteiger partial charge in [0.1, 0.15) is 29.5 Å². The van der Waals surface area contributed by atoms with Gasteiger partial charge in [-0.3, -0.25) is 9.80 Å². The van der Waals surface area contributed by atoms with Crippen molar-refractivity contribution in [1.29, 1.82) is 0 Å². The topological polar surface area (TPSA) is 71.5 Å².